The number of hydrogen-bond donors (Lipinski definition) is 1. The van der Waals surface area contributed by atoms with E-state index in [1.165, 1.54) is 16.9 Å². The predicted octanol–water partition coefficient (Wildman–Crippen LogP) is 2.25. The van der Waals surface area contributed by atoms with Crippen LogP contribution in [0.2, 0.25) is 0 Å². The second-order valence-corrected chi connectivity index (χ2v) is 9.68. The van der Waals surface area contributed by atoms with Crippen LogP contribution >= 0.6 is 11.3 Å². The van der Waals surface area contributed by atoms with E-state index in [0.29, 0.717) is 11.6 Å². The third kappa shape index (κ3) is 4.52. The fourth-order valence-corrected chi connectivity index (χ4v) is 5.16. The van der Waals surface area contributed by atoms with Crippen LogP contribution in [-0.4, -0.2) is 73.0 Å². The van der Waals surface area contributed by atoms with Crippen LogP contribution < -0.4 is 9.93 Å². The Kier molecular flexibility index (Phi) is 6.15. The van der Waals surface area contributed by atoms with Crippen molar-refractivity contribution in [2.24, 2.45) is 0 Å². The van der Waals surface area contributed by atoms with E-state index in [-0.39, 0.29) is 6.04 Å². The summed E-state index contributed by atoms with van der Waals surface area (Å²) < 4.78 is 7.43. The van der Waals surface area contributed by atoms with Crippen molar-refractivity contribution in [2.75, 3.05) is 31.6 Å². The number of thiazole rings is 1. The molecule has 32 heavy (non-hydrogen) atoms. The van der Waals surface area contributed by atoms with Gasteiger partial charge in [0.2, 0.25) is 0 Å². The van der Waals surface area contributed by atoms with Crippen molar-refractivity contribution >= 4 is 54.5 Å². The van der Waals surface area contributed by atoms with Gasteiger partial charge in [-0.3, -0.25) is 0 Å². The third-order valence-corrected chi connectivity index (χ3v) is 6.93. The molecule has 0 radical (unpaired) electrons. The fraction of sp³-hybridized carbons (Fsp3) is 0.318. The second kappa shape index (κ2) is 9.19. The molecule has 10 heteroatoms. The molecule has 0 spiro atoms. The Hall–Kier alpha value is -2.45. The van der Waals surface area contributed by atoms with Crippen LogP contribution in [0.5, 0.6) is 0 Å². The van der Waals surface area contributed by atoms with E-state index < -0.39 is 0 Å². The molecule has 1 N–H and O–H groups in total. The zero-order chi connectivity index (χ0) is 22.1. The monoisotopic (exact) mass is 509 g/mol. The molecule has 8 nitrogen and oxygen atoms in total. The zero-order valence-corrected chi connectivity index (χ0v) is 21.2. The van der Waals surface area contributed by atoms with Gasteiger partial charge in [0.05, 0.1) is 0 Å². The summed E-state index contributed by atoms with van der Waals surface area (Å²) in [5.41, 5.74) is 5.75. The van der Waals surface area contributed by atoms with Gasteiger partial charge in [0.15, 0.2) is 0 Å². The predicted molar refractivity (Wildman–Crippen MR) is 130 cm³/mol. The van der Waals surface area contributed by atoms with Crippen LogP contribution in [0.4, 0.5) is 11.5 Å². The van der Waals surface area contributed by atoms with Crippen LogP contribution in [0.25, 0.3) is 21.6 Å². The number of aryl methyl sites for hydroxylation is 1. The van der Waals surface area contributed by atoms with E-state index in [1.807, 2.05) is 30.8 Å². The Balaban J connectivity index is 1.55. The Morgan fingerprint density at radius 1 is 1.12 bits per heavy atom. The average molecular weight is 509 g/mol. The van der Waals surface area contributed by atoms with Gasteiger partial charge in [-0.1, -0.05) is 0 Å². The van der Waals surface area contributed by atoms with Gasteiger partial charge >= 0.3 is 199 Å². The van der Waals surface area contributed by atoms with E-state index in [4.69, 9.17) is 9.72 Å². The first-order valence-electron chi connectivity index (χ1n) is 10.5. The molecule has 1 aromatic carbocycles. The maximum atomic E-state index is 5.52. The van der Waals surface area contributed by atoms with Gasteiger partial charge in [0, 0.05) is 0 Å². The van der Waals surface area contributed by atoms with Gasteiger partial charge in [-0.05, 0) is 0 Å². The summed E-state index contributed by atoms with van der Waals surface area (Å²) in [6.45, 7) is 7.45. The zero-order valence-electron chi connectivity index (χ0n) is 17.9. The first-order valence-corrected chi connectivity index (χ1v) is 12.6. The molecule has 164 valence electrons. The van der Waals surface area contributed by atoms with Crippen LogP contribution in [0, 0.1) is 6.92 Å². The van der Waals surface area contributed by atoms with Crippen molar-refractivity contribution in [1.82, 2.24) is 29.8 Å². The SMILES string of the molecule is Cc1nc([AsH2])nc(-c2cc(C(C)N3CCOCC3)cnc2Nc2ccc3scnc3c2)n1. The Bertz CT molecular complexity index is 1240. The number of rotatable bonds is 5. The van der Waals surface area contributed by atoms with Crippen molar-refractivity contribution in [3.8, 4) is 11.4 Å². The van der Waals surface area contributed by atoms with Crippen molar-refractivity contribution < 1.29 is 4.74 Å². The molecule has 4 heterocycles. The molecule has 0 bridgehead atoms. The molecule has 1 aliphatic rings. The molecule has 1 saturated heterocycles. The van der Waals surface area contributed by atoms with Crippen molar-refractivity contribution in [2.45, 2.75) is 19.9 Å². The summed E-state index contributed by atoms with van der Waals surface area (Å²) in [5, 5.41) is 3.46. The van der Waals surface area contributed by atoms with Gasteiger partial charge in [0.1, 0.15) is 0 Å². The van der Waals surface area contributed by atoms with Crippen LogP contribution in [0.1, 0.15) is 24.4 Å². The van der Waals surface area contributed by atoms with E-state index >= 15 is 0 Å². The summed E-state index contributed by atoms with van der Waals surface area (Å²) >= 11 is 3.01. The average Bonchev–Trinajstić information content (AvgIpc) is 3.27. The molecule has 1 aliphatic heterocycles. The van der Waals surface area contributed by atoms with Gasteiger partial charge in [-0.2, -0.15) is 0 Å². The van der Waals surface area contributed by atoms with E-state index in [2.05, 4.69) is 49.2 Å². The number of benzene rings is 1. The Morgan fingerprint density at radius 2 is 1.97 bits per heavy atom. The molecule has 5 rings (SSSR count). The number of anilines is 2. The van der Waals surface area contributed by atoms with Gasteiger partial charge in [-0.25, -0.2) is 0 Å². The van der Waals surface area contributed by atoms with Crippen molar-refractivity contribution in [3.05, 3.63) is 47.4 Å². The number of pyridine rings is 1. The van der Waals surface area contributed by atoms with E-state index in [1.54, 1.807) is 11.3 Å². The van der Waals surface area contributed by atoms with Gasteiger partial charge in [-0.15, -0.1) is 0 Å². The topological polar surface area (TPSA) is 89.0 Å². The molecule has 0 saturated carbocycles. The van der Waals surface area contributed by atoms with Crippen molar-refractivity contribution in [1.29, 1.82) is 0 Å². The summed E-state index contributed by atoms with van der Waals surface area (Å²) in [4.78, 5) is 25.3. The summed E-state index contributed by atoms with van der Waals surface area (Å²) in [6.07, 6.45) is 1.94. The van der Waals surface area contributed by atoms with E-state index in [0.717, 1.165) is 63.8 Å². The molecule has 2 atom stereocenters. The first kappa shape index (κ1) is 21.4. The minimum absolute atomic E-state index is 0.221. The molecular formula is C22H24AsN7OS. The summed E-state index contributed by atoms with van der Waals surface area (Å²) in [6, 6.07) is 8.53. The van der Waals surface area contributed by atoms with Crippen molar-refractivity contribution in [3.63, 3.8) is 0 Å². The van der Waals surface area contributed by atoms with Crippen LogP contribution in [-0.2, 0) is 4.74 Å². The number of ether oxygens (including phenoxy) is 1. The molecule has 0 aliphatic carbocycles. The van der Waals surface area contributed by atoms with Crippen LogP contribution in [0.3, 0.4) is 0 Å². The summed E-state index contributed by atoms with van der Waals surface area (Å²) in [7, 11) is 0. The number of nitrogens with one attached hydrogen (secondary N) is 1. The van der Waals surface area contributed by atoms with Gasteiger partial charge < -0.3 is 0 Å². The fourth-order valence-electron chi connectivity index (χ4n) is 3.85. The number of hydrogen-bond acceptors (Lipinski definition) is 9. The van der Waals surface area contributed by atoms with E-state index in [9.17, 15) is 0 Å². The molecule has 2 unspecified atom stereocenters. The first-order chi connectivity index (χ1) is 15.6. The standard InChI is InChI=1S/C22H24AsN7OS/c1-13(30-5-7-31-8-6-30)15-9-17(21-26-14(2)27-22(23)29-21)20(24-11-15)28-16-3-4-19-18(10-16)25-12-32-19/h3-4,9-13H,5-8,23H2,1-2H3,(H,24,28). The number of morpholine rings is 1. The number of nitrogens with zero attached hydrogens (tertiary/aromatic N) is 6. The number of aromatic nitrogens is 5. The normalized spacial score (nSPS) is 15.7. The second-order valence-electron chi connectivity index (χ2n) is 7.71. The molecule has 0 amide bonds. The Morgan fingerprint density at radius 3 is 2.78 bits per heavy atom. The van der Waals surface area contributed by atoms with Gasteiger partial charge in [0.25, 0.3) is 0 Å². The third-order valence-electron chi connectivity index (χ3n) is 5.58. The number of fused-ring (bicyclic) bond motifs is 1. The maximum absolute atomic E-state index is 5.52. The summed E-state index contributed by atoms with van der Waals surface area (Å²) in [5.74, 6) is 2.06. The molecule has 3 aromatic heterocycles. The quantitative estimate of drug-likeness (QED) is 0.410. The Labute approximate surface area is 199 Å². The molecule has 4 aromatic rings. The minimum atomic E-state index is 0.221. The van der Waals surface area contributed by atoms with Crippen LogP contribution in [0.15, 0.2) is 36.0 Å². The molecular weight excluding hydrogens is 485 g/mol. The molecule has 1 fully saturated rings.